The zero-order chi connectivity index (χ0) is 17.6. The van der Waals surface area contributed by atoms with Crippen molar-refractivity contribution in [2.45, 2.75) is 6.42 Å². The summed E-state index contributed by atoms with van der Waals surface area (Å²) in [4.78, 5) is 33.7. The molecule has 1 aromatic heterocycles. The van der Waals surface area contributed by atoms with E-state index in [9.17, 15) is 14.0 Å². The Balaban J connectivity index is 1.49. The van der Waals surface area contributed by atoms with Gasteiger partial charge in [0, 0.05) is 38.4 Å². The second-order valence-electron chi connectivity index (χ2n) is 5.65. The number of nitrogens with one attached hydrogen (secondary N) is 2. The number of hydrogen-bond donors (Lipinski definition) is 2. The van der Waals surface area contributed by atoms with Gasteiger partial charge in [0.15, 0.2) is 0 Å². The topological polar surface area (TPSA) is 87.2 Å². The van der Waals surface area contributed by atoms with Crippen molar-refractivity contribution in [3.8, 4) is 0 Å². The molecule has 2 aromatic rings. The number of amides is 2. The van der Waals surface area contributed by atoms with Crippen LogP contribution in [0.1, 0.15) is 6.42 Å². The number of carbonyl (C=O) groups excluding carboxylic acids is 2. The molecule has 1 atom stereocenters. The zero-order valence-electron chi connectivity index (χ0n) is 13.5. The van der Waals surface area contributed by atoms with E-state index in [1.165, 1.54) is 17.0 Å². The Labute approximate surface area is 144 Å². The minimum atomic E-state index is -0.486. The molecule has 8 heteroatoms. The van der Waals surface area contributed by atoms with Crippen LogP contribution in [0.3, 0.4) is 0 Å². The van der Waals surface area contributed by atoms with E-state index in [4.69, 9.17) is 0 Å². The minimum Gasteiger partial charge on any atom is -0.354 e. The van der Waals surface area contributed by atoms with Gasteiger partial charge >= 0.3 is 0 Å². The predicted molar refractivity (Wildman–Crippen MR) is 90.4 cm³/mol. The highest BCUT2D eigenvalue weighted by Crippen LogP contribution is 2.27. The highest BCUT2D eigenvalue weighted by Gasteiger charge is 2.35. The molecule has 1 saturated heterocycles. The van der Waals surface area contributed by atoms with Gasteiger partial charge in [-0.15, -0.1) is 0 Å². The van der Waals surface area contributed by atoms with Gasteiger partial charge in [0.25, 0.3) is 0 Å². The molecule has 0 spiro atoms. The summed E-state index contributed by atoms with van der Waals surface area (Å²) in [5.74, 6) is -0.938. The van der Waals surface area contributed by atoms with Gasteiger partial charge in [-0.2, -0.15) is 0 Å². The standard InChI is InChI=1S/C17H18FN5O2/c18-13-4-1-2-5-14(13)23-11-12(10-15(23)24)16(25)19-8-9-22-17-20-6-3-7-21-17/h1-7,12H,8-11H2,(H,19,25)(H,20,21,22). The van der Waals surface area contributed by atoms with Crippen LogP contribution in [0.5, 0.6) is 0 Å². The lowest BCUT2D eigenvalue weighted by Gasteiger charge is -2.17. The molecule has 1 fully saturated rings. The monoisotopic (exact) mass is 343 g/mol. The quantitative estimate of drug-likeness (QED) is 0.770. The second kappa shape index (κ2) is 7.69. The first kappa shape index (κ1) is 16.8. The number of hydrogen-bond acceptors (Lipinski definition) is 5. The molecular formula is C17H18FN5O2. The summed E-state index contributed by atoms with van der Waals surface area (Å²) in [6.45, 7) is 1.02. The number of para-hydroxylation sites is 1. The van der Waals surface area contributed by atoms with Crippen LogP contribution in [0.15, 0.2) is 42.7 Å². The molecule has 1 unspecified atom stereocenters. The van der Waals surface area contributed by atoms with Crippen LogP contribution in [0, 0.1) is 11.7 Å². The molecule has 0 bridgehead atoms. The van der Waals surface area contributed by atoms with Gasteiger partial charge < -0.3 is 15.5 Å². The summed E-state index contributed by atoms with van der Waals surface area (Å²) in [5, 5.41) is 5.75. The van der Waals surface area contributed by atoms with Crippen molar-refractivity contribution in [3.05, 3.63) is 48.5 Å². The molecule has 1 aliphatic heterocycles. The van der Waals surface area contributed by atoms with Crippen LogP contribution in [0.2, 0.25) is 0 Å². The molecule has 25 heavy (non-hydrogen) atoms. The predicted octanol–water partition coefficient (Wildman–Crippen LogP) is 1.20. The first-order valence-corrected chi connectivity index (χ1v) is 7.98. The molecule has 7 nitrogen and oxygen atoms in total. The van der Waals surface area contributed by atoms with Crippen molar-refractivity contribution in [2.75, 3.05) is 29.9 Å². The Morgan fingerprint density at radius 2 is 1.96 bits per heavy atom. The van der Waals surface area contributed by atoms with Crippen LogP contribution in [0.25, 0.3) is 0 Å². The van der Waals surface area contributed by atoms with Gasteiger partial charge in [-0.1, -0.05) is 12.1 Å². The van der Waals surface area contributed by atoms with Crippen molar-refractivity contribution in [1.82, 2.24) is 15.3 Å². The fraction of sp³-hybridized carbons (Fsp3) is 0.294. The molecule has 2 amide bonds. The summed E-state index contributed by atoms with van der Waals surface area (Å²) >= 11 is 0. The third kappa shape index (κ3) is 4.09. The first-order valence-electron chi connectivity index (χ1n) is 7.98. The van der Waals surface area contributed by atoms with E-state index < -0.39 is 11.7 Å². The molecule has 2 N–H and O–H groups in total. The van der Waals surface area contributed by atoms with Crippen LogP contribution in [0.4, 0.5) is 16.0 Å². The molecule has 3 rings (SSSR count). The van der Waals surface area contributed by atoms with Gasteiger partial charge in [-0.3, -0.25) is 9.59 Å². The maximum absolute atomic E-state index is 13.8. The van der Waals surface area contributed by atoms with E-state index in [0.29, 0.717) is 19.0 Å². The molecule has 2 heterocycles. The largest absolute Gasteiger partial charge is 0.354 e. The lowest BCUT2D eigenvalue weighted by molar-refractivity contribution is -0.126. The molecule has 0 aliphatic carbocycles. The number of carbonyl (C=O) groups is 2. The highest BCUT2D eigenvalue weighted by molar-refractivity contribution is 6.00. The van der Waals surface area contributed by atoms with Crippen molar-refractivity contribution < 1.29 is 14.0 Å². The third-order valence-corrected chi connectivity index (χ3v) is 3.91. The van der Waals surface area contributed by atoms with E-state index in [-0.39, 0.29) is 30.5 Å². The van der Waals surface area contributed by atoms with Crippen molar-refractivity contribution in [3.63, 3.8) is 0 Å². The number of nitrogens with zero attached hydrogens (tertiary/aromatic N) is 3. The van der Waals surface area contributed by atoms with Crippen LogP contribution in [-0.4, -0.2) is 41.4 Å². The van der Waals surface area contributed by atoms with Crippen LogP contribution in [-0.2, 0) is 9.59 Å². The number of anilines is 2. The zero-order valence-corrected chi connectivity index (χ0v) is 13.5. The molecule has 1 aliphatic rings. The fourth-order valence-corrected chi connectivity index (χ4v) is 2.68. The summed E-state index contributed by atoms with van der Waals surface area (Å²) in [6, 6.07) is 7.78. The lowest BCUT2D eigenvalue weighted by atomic mass is 10.1. The Morgan fingerprint density at radius 3 is 2.72 bits per heavy atom. The SMILES string of the molecule is O=C(NCCNc1ncccn1)C1CC(=O)N(c2ccccc2F)C1. The average Bonchev–Trinajstić information content (AvgIpc) is 3.01. The van der Waals surface area contributed by atoms with Gasteiger partial charge in [0.2, 0.25) is 17.8 Å². The number of halogens is 1. The molecule has 0 radical (unpaired) electrons. The third-order valence-electron chi connectivity index (χ3n) is 3.91. The van der Waals surface area contributed by atoms with Crippen LogP contribution >= 0.6 is 0 Å². The smallest absolute Gasteiger partial charge is 0.227 e. The molecule has 130 valence electrons. The lowest BCUT2D eigenvalue weighted by Crippen LogP contribution is -2.35. The van der Waals surface area contributed by atoms with E-state index in [1.807, 2.05) is 0 Å². The normalized spacial score (nSPS) is 16.8. The van der Waals surface area contributed by atoms with E-state index in [2.05, 4.69) is 20.6 Å². The van der Waals surface area contributed by atoms with Gasteiger partial charge in [0.1, 0.15) is 5.82 Å². The maximum Gasteiger partial charge on any atom is 0.227 e. The van der Waals surface area contributed by atoms with E-state index >= 15 is 0 Å². The first-order chi connectivity index (χ1) is 12.1. The van der Waals surface area contributed by atoms with Gasteiger partial charge in [-0.05, 0) is 18.2 Å². The molecule has 0 saturated carbocycles. The Hall–Kier alpha value is -3.03. The summed E-state index contributed by atoms with van der Waals surface area (Å²) in [6.07, 6.45) is 3.32. The summed E-state index contributed by atoms with van der Waals surface area (Å²) in [5.41, 5.74) is 0.214. The van der Waals surface area contributed by atoms with Gasteiger partial charge in [-0.25, -0.2) is 14.4 Å². The van der Waals surface area contributed by atoms with E-state index in [0.717, 1.165) is 0 Å². The average molecular weight is 343 g/mol. The van der Waals surface area contributed by atoms with Gasteiger partial charge in [0.05, 0.1) is 11.6 Å². The molecular weight excluding hydrogens is 325 g/mol. The highest BCUT2D eigenvalue weighted by atomic mass is 19.1. The maximum atomic E-state index is 13.8. The minimum absolute atomic E-state index is 0.0788. The van der Waals surface area contributed by atoms with Crippen molar-refractivity contribution in [2.24, 2.45) is 5.92 Å². The molecule has 1 aromatic carbocycles. The van der Waals surface area contributed by atoms with Crippen molar-refractivity contribution >= 4 is 23.5 Å². The van der Waals surface area contributed by atoms with Crippen molar-refractivity contribution in [1.29, 1.82) is 0 Å². The fourth-order valence-electron chi connectivity index (χ4n) is 2.68. The Kier molecular flexibility index (Phi) is 5.17. The number of benzene rings is 1. The number of rotatable bonds is 6. The number of aromatic nitrogens is 2. The van der Waals surface area contributed by atoms with Crippen LogP contribution < -0.4 is 15.5 Å². The second-order valence-corrected chi connectivity index (χ2v) is 5.65. The summed E-state index contributed by atoms with van der Waals surface area (Å²) < 4.78 is 13.8. The summed E-state index contributed by atoms with van der Waals surface area (Å²) in [7, 11) is 0. The Bertz CT molecular complexity index is 756. The Morgan fingerprint density at radius 1 is 1.20 bits per heavy atom. The van der Waals surface area contributed by atoms with E-state index in [1.54, 1.807) is 30.6 Å².